The number of carbonyl (C=O) groups excluding carboxylic acids is 2. The number of carbonyl (C=O) groups is 2. The topological polar surface area (TPSA) is 49.4 Å². The smallest absolute Gasteiger partial charge is 0.238 e. The normalized spacial score (nSPS) is 16.0. The minimum Gasteiger partial charge on any atom is -0.326 e. The second-order valence-corrected chi connectivity index (χ2v) is 8.10. The van der Waals surface area contributed by atoms with Crippen LogP contribution < -0.4 is 10.2 Å². The van der Waals surface area contributed by atoms with Crippen LogP contribution in [0, 0.1) is 5.82 Å². The standard InChI is InChI=1S/C24H21FN2O2S/c25-20-8-4-5-9-21(20)27-23(29)16-30-24(27)18-11-13-19(14-12-18)26-22(28)15-10-17-6-2-1-3-7-17/h1-9,11-14,24H,10,15-16H2,(H,26,28). The molecule has 1 heterocycles. The molecule has 0 spiro atoms. The minimum absolute atomic E-state index is 0.0509. The Kier molecular flexibility index (Phi) is 6.14. The van der Waals surface area contributed by atoms with Gasteiger partial charge >= 0.3 is 0 Å². The zero-order valence-corrected chi connectivity index (χ0v) is 17.1. The molecule has 0 bridgehead atoms. The highest BCUT2D eigenvalue weighted by Crippen LogP contribution is 2.42. The molecule has 2 amide bonds. The number of hydrogen-bond acceptors (Lipinski definition) is 3. The van der Waals surface area contributed by atoms with E-state index in [1.54, 1.807) is 18.2 Å². The van der Waals surface area contributed by atoms with Crippen molar-refractivity contribution >= 4 is 35.0 Å². The van der Waals surface area contributed by atoms with Gasteiger partial charge in [0.15, 0.2) is 0 Å². The molecule has 0 saturated carbocycles. The lowest BCUT2D eigenvalue weighted by atomic mass is 10.1. The predicted octanol–water partition coefficient (Wildman–Crippen LogP) is 5.18. The van der Waals surface area contributed by atoms with Gasteiger partial charge in [-0.15, -0.1) is 11.8 Å². The molecular formula is C24H21FN2O2S. The molecule has 6 heteroatoms. The molecule has 1 unspecified atom stereocenters. The Hall–Kier alpha value is -3.12. The van der Waals surface area contributed by atoms with Crippen LogP contribution in [0.3, 0.4) is 0 Å². The summed E-state index contributed by atoms with van der Waals surface area (Å²) in [6.45, 7) is 0. The number of nitrogens with one attached hydrogen (secondary N) is 1. The van der Waals surface area contributed by atoms with Gasteiger partial charge in [0.05, 0.1) is 11.4 Å². The maximum atomic E-state index is 14.3. The van der Waals surface area contributed by atoms with Crippen molar-refractivity contribution in [2.75, 3.05) is 16.0 Å². The largest absolute Gasteiger partial charge is 0.326 e. The van der Waals surface area contributed by atoms with E-state index in [-0.39, 0.29) is 22.9 Å². The van der Waals surface area contributed by atoms with Gasteiger partial charge in [-0.25, -0.2) is 4.39 Å². The summed E-state index contributed by atoms with van der Waals surface area (Å²) in [5.74, 6) is -0.282. The van der Waals surface area contributed by atoms with E-state index in [1.165, 1.54) is 22.7 Å². The zero-order valence-electron chi connectivity index (χ0n) is 16.3. The Balaban J connectivity index is 1.42. The third kappa shape index (κ3) is 4.54. The first kappa shape index (κ1) is 20.2. The molecule has 1 aliphatic heterocycles. The Bertz CT molecular complexity index is 1040. The zero-order chi connectivity index (χ0) is 20.9. The van der Waals surface area contributed by atoms with E-state index in [1.807, 2.05) is 54.6 Å². The summed E-state index contributed by atoms with van der Waals surface area (Å²) in [6.07, 6.45) is 1.09. The van der Waals surface area contributed by atoms with Gasteiger partial charge in [0.1, 0.15) is 11.2 Å². The Morgan fingerprint density at radius 2 is 1.70 bits per heavy atom. The van der Waals surface area contributed by atoms with Crippen LogP contribution >= 0.6 is 11.8 Å². The van der Waals surface area contributed by atoms with E-state index in [4.69, 9.17) is 0 Å². The maximum Gasteiger partial charge on any atom is 0.238 e. The summed E-state index contributed by atoms with van der Waals surface area (Å²) in [5, 5.41) is 2.61. The lowest BCUT2D eigenvalue weighted by Crippen LogP contribution is -2.28. The molecule has 3 aromatic carbocycles. The summed E-state index contributed by atoms with van der Waals surface area (Å²) in [5.41, 5.74) is 3.00. The lowest BCUT2D eigenvalue weighted by molar-refractivity contribution is -0.116. The number of amides is 2. The number of rotatable bonds is 6. The second-order valence-electron chi connectivity index (χ2n) is 7.03. The number of thioether (sulfide) groups is 1. The molecular weight excluding hydrogens is 399 g/mol. The van der Waals surface area contributed by atoms with E-state index < -0.39 is 5.82 Å². The number of para-hydroxylation sites is 1. The summed E-state index contributed by atoms with van der Waals surface area (Å²) in [7, 11) is 0. The van der Waals surface area contributed by atoms with E-state index in [0.717, 1.165) is 11.1 Å². The number of nitrogens with zero attached hydrogens (tertiary/aromatic N) is 1. The van der Waals surface area contributed by atoms with Crippen LogP contribution in [-0.2, 0) is 16.0 Å². The molecule has 0 radical (unpaired) electrons. The van der Waals surface area contributed by atoms with Crippen LogP contribution in [-0.4, -0.2) is 17.6 Å². The number of halogens is 1. The Labute approximate surface area is 179 Å². The predicted molar refractivity (Wildman–Crippen MR) is 119 cm³/mol. The first-order chi connectivity index (χ1) is 14.6. The monoisotopic (exact) mass is 420 g/mol. The van der Waals surface area contributed by atoms with Gasteiger partial charge in [-0.1, -0.05) is 54.6 Å². The first-order valence-electron chi connectivity index (χ1n) is 9.74. The summed E-state index contributed by atoms with van der Waals surface area (Å²) < 4.78 is 14.3. The molecule has 0 aromatic heterocycles. The van der Waals surface area contributed by atoms with Crippen LogP contribution in [0.5, 0.6) is 0 Å². The summed E-state index contributed by atoms with van der Waals surface area (Å²) in [6, 6.07) is 23.6. The fourth-order valence-electron chi connectivity index (χ4n) is 3.44. The van der Waals surface area contributed by atoms with Crippen molar-refractivity contribution in [3.05, 3.63) is 95.8 Å². The maximum absolute atomic E-state index is 14.3. The number of aryl methyl sites for hydroxylation is 1. The highest BCUT2D eigenvalue weighted by Gasteiger charge is 2.35. The molecule has 1 atom stereocenters. The van der Waals surface area contributed by atoms with Gasteiger partial charge in [0, 0.05) is 12.1 Å². The third-order valence-electron chi connectivity index (χ3n) is 4.94. The fraction of sp³-hybridized carbons (Fsp3) is 0.167. The molecule has 4 rings (SSSR count). The molecule has 4 nitrogen and oxygen atoms in total. The number of hydrogen-bond donors (Lipinski definition) is 1. The number of anilines is 2. The van der Waals surface area contributed by atoms with Gasteiger partial charge in [0.25, 0.3) is 0 Å². The van der Waals surface area contributed by atoms with Gasteiger partial charge in [-0.2, -0.15) is 0 Å². The van der Waals surface area contributed by atoms with Gasteiger partial charge in [0.2, 0.25) is 11.8 Å². The first-order valence-corrected chi connectivity index (χ1v) is 10.8. The van der Waals surface area contributed by atoms with Gasteiger partial charge in [-0.05, 0) is 41.8 Å². The molecule has 1 aliphatic rings. The Morgan fingerprint density at radius 3 is 2.43 bits per heavy atom. The van der Waals surface area contributed by atoms with Crippen LogP contribution in [0.1, 0.15) is 22.9 Å². The Morgan fingerprint density at radius 1 is 1.00 bits per heavy atom. The fourth-order valence-corrected chi connectivity index (χ4v) is 4.60. The second kappa shape index (κ2) is 9.13. The molecule has 152 valence electrons. The van der Waals surface area contributed by atoms with E-state index in [9.17, 15) is 14.0 Å². The molecule has 30 heavy (non-hydrogen) atoms. The minimum atomic E-state index is -0.416. The van der Waals surface area contributed by atoms with Crippen molar-refractivity contribution < 1.29 is 14.0 Å². The van der Waals surface area contributed by atoms with Crippen molar-refractivity contribution in [2.24, 2.45) is 0 Å². The van der Waals surface area contributed by atoms with Gasteiger partial charge in [-0.3, -0.25) is 14.5 Å². The van der Waals surface area contributed by atoms with Crippen molar-refractivity contribution in [3.63, 3.8) is 0 Å². The molecule has 1 saturated heterocycles. The van der Waals surface area contributed by atoms with E-state index >= 15 is 0 Å². The van der Waals surface area contributed by atoms with Crippen LogP contribution in [0.4, 0.5) is 15.8 Å². The van der Waals surface area contributed by atoms with E-state index in [0.29, 0.717) is 24.3 Å². The summed E-state index contributed by atoms with van der Waals surface area (Å²) in [4.78, 5) is 26.1. The average molecular weight is 421 g/mol. The van der Waals surface area contributed by atoms with E-state index in [2.05, 4.69) is 5.32 Å². The molecule has 1 N–H and O–H groups in total. The average Bonchev–Trinajstić information content (AvgIpc) is 3.15. The summed E-state index contributed by atoms with van der Waals surface area (Å²) >= 11 is 1.46. The van der Waals surface area contributed by atoms with Crippen LogP contribution in [0.25, 0.3) is 0 Å². The van der Waals surface area contributed by atoms with Gasteiger partial charge < -0.3 is 5.32 Å². The quantitative estimate of drug-likeness (QED) is 0.598. The molecule has 0 aliphatic carbocycles. The van der Waals surface area contributed by atoms with Crippen molar-refractivity contribution in [1.29, 1.82) is 0 Å². The van der Waals surface area contributed by atoms with Crippen molar-refractivity contribution in [3.8, 4) is 0 Å². The third-order valence-corrected chi connectivity index (χ3v) is 6.16. The highest BCUT2D eigenvalue weighted by molar-refractivity contribution is 8.00. The SMILES string of the molecule is O=C(CCc1ccccc1)Nc1ccc(C2SCC(=O)N2c2ccccc2F)cc1. The van der Waals surface area contributed by atoms with Crippen LogP contribution in [0.15, 0.2) is 78.9 Å². The highest BCUT2D eigenvalue weighted by atomic mass is 32.2. The number of benzene rings is 3. The molecule has 3 aromatic rings. The van der Waals surface area contributed by atoms with Crippen molar-refractivity contribution in [2.45, 2.75) is 18.2 Å². The molecule has 1 fully saturated rings. The van der Waals surface area contributed by atoms with Crippen LogP contribution in [0.2, 0.25) is 0 Å². The van der Waals surface area contributed by atoms with Crippen molar-refractivity contribution in [1.82, 2.24) is 0 Å². The lowest BCUT2D eigenvalue weighted by Gasteiger charge is -2.24.